The zero-order valence-electron chi connectivity index (χ0n) is 17.5. The van der Waals surface area contributed by atoms with Gasteiger partial charge in [0.25, 0.3) is 0 Å². The average Bonchev–Trinajstić information content (AvgIpc) is 3.10. The number of carbonyl (C=O) groups is 3. The molecule has 7 heteroatoms. The molecule has 162 valence electrons. The Balaban J connectivity index is 0.000000269. The molecule has 0 amide bonds. The summed E-state index contributed by atoms with van der Waals surface area (Å²) in [6.45, 7) is 1.84. The molecule has 4 rings (SSSR count). The lowest BCUT2D eigenvalue weighted by Crippen LogP contribution is -2.07. The van der Waals surface area contributed by atoms with Crippen molar-refractivity contribution in [2.75, 3.05) is 7.11 Å². The zero-order chi connectivity index (χ0) is 23.3. The lowest BCUT2D eigenvalue weighted by Gasteiger charge is -2.04. The van der Waals surface area contributed by atoms with Crippen LogP contribution in [0, 0.1) is 6.92 Å². The van der Waals surface area contributed by atoms with Crippen LogP contribution in [0.4, 0.5) is 0 Å². The summed E-state index contributed by atoms with van der Waals surface area (Å²) in [5.41, 5.74) is 3.00. The molecule has 2 heterocycles. The highest BCUT2D eigenvalue weighted by atomic mass is 16.5. The van der Waals surface area contributed by atoms with Gasteiger partial charge >= 0.3 is 11.9 Å². The van der Waals surface area contributed by atoms with E-state index in [-0.39, 0.29) is 11.3 Å². The molecule has 0 aliphatic rings. The highest BCUT2D eigenvalue weighted by Crippen LogP contribution is 2.31. The summed E-state index contributed by atoms with van der Waals surface area (Å²) in [4.78, 5) is 34.0. The van der Waals surface area contributed by atoms with Crippen LogP contribution < -0.4 is 4.74 Å². The van der Waals surface area contributed by atoms with Crippen LogP contribution in [0.5, 0.6) is 5.75 Å². The summed E-state index contributed by atoms with van der Waals surface area (Å²) >= 11 is 0. The summed E-state index contributed by atoms with van der Waals surface area (Å²) in [7, 11) is 1.57. The van der Waals surface area contributed by atoms with Crippen molar-refractivity contribution in [1.29, 1.82) is 0 Å². The highest BCUT2D eigenvalue weighted by Gasteiger charge is 2.22. The van der Waals surface area contributed by atoms with Crippen molar-refractivity contribution in [3.63, 3.8) is 0 Å². The van der Waals surface area contributed by atoms with Crippen LogP contribution in [-0.4, -0.2) is 39.4 Å². The third kappa shape index (κ3) is 4.52. The van der Waals surface area contributed by atoms with Crippen molar-refractivity contribution in [2.45, 2.75) is 6.92 Å². The van der Waals surface area contributed by atoms with Crippen LogP contribution in [0.3, 0.4) is 0 Å². The van der Waals surface area contributed by atoms with Crippen molar-refractivity contribution in [3.05, 3.63) is 107 Å². The van der Waals surface area contributed by atoms with E-state index in [0.29, 0.717) is 22.6 Å². The van der Waals surface area contributed by atoms with Gasteiger partial charge in [-0.05, 0) is 43.3 Å². The number of rotatable bonds is 5. The molecule has 32 heavy (non-hydrogen) atoms. The Labute approximate surface area is 184 Å². The number of pyridine rings is 1. The second-order valence-corrected chi connectivity index (χ2v) is 6.85. The first-order chi connectivity index (χ1) is 15.3. The quantitative estimate of drug-likeness (QED) is 0.449. The molecule has 0 atom stereocenters. The minimum atomic E-state index is -1.02. The van der Waals surface area contributed by atoms with E-state index in [2.05, 4.69) is 0 Å². The number of fused-ring (bicyclic) bond motifs is 1. The van der Waals surface area contributed by atoms with Crippen molar-refractivity contribution in [2.24, 2.45) is 0 Å². The Morgan fingerprint density at radius 3 is 1.81 bits per heavy atom. The van der Waals surface area contributed by atoms with Gasteiger partial charge in [-0.1, -0.05) is 36.4 Å². The van der Waals surface area contributed by atoms with Crippen LogP contribution in [0.25, 0.3) is 5.52 Å². The summed E-state index contributed by atoms with van der Waals surface area (Å²) in [6.07, 6.45) is 1.81. The molecule has 2 N–H and O–H groups in total. The highest BCUT2D eigenvalue weighted by molar-refractivity contribution is 6.10. The van der Waals surface area contributed by atoms with Gasteiger partial charge in [-0.15, -0.1) is 0 Å². The largest absolute Gasteiger partial charge is 0.494 e. The molecule has 0 aliphatic heterocycles. The van der Waals surface area contributed by atoms with Gasteiger partial charge in [0, 0.05) is 17.3 Å². The van der Waals surface area contributed by atoms with Crippen LogP contribution >= 0.6 is 0 Å². The Morgan fingerprint density at radius 2 is 1.28 bits per heavy atom. The molecule has 7 nitrogen and oxygen atoms in total. The minimum absolute atomic E-state index is 0.149. The van der Waals surface area contributed by atoms with Crippen molar-refractivity contribution in [3.8, 4) is 5.75 Å². The molecular formula is C25H21NO6. The monoisotopic (exact) mass is 431 g/mol. The van der Waals surface area contributed by atoms with E-state index in [1.165, 1.54) is 24.3 Å². The fourth-order valence-corrected chi connectivity index (χ4v) is 3.32. The zero-order valence-corrected chi connectivity index (χ0v) is 17.5. The second-order valence-electron chi connectivity index (χ2n) is 6.85. The molecule has 0 radical (unpaired) electrons. The molecule has 0 bridgehead atoms. The third-order valence-corrected chi connectivity index (χ3v) is 4.86. The molecule has 0 aliphatic carbocycles. The number of methoxy groups -OCH3 is 1. The molecule has 4 aromatic rings. The number of carboxylic acid groups (broad SMARTS) is 2. The number of aromatic carboxylic acids is 2. The van der Waals surface area contributed by atoms with Gasteiger partial charge in [0.2, 0.25) is 5.78 Å². The lowest BCUT2D eigenvalue weighted by atomic mass is 10.0. The lowest BCUT2D eigenvalue weighted by molar-refractivity contribution is 0.0686. The first kappa shape index (κ1) is 22.3. The van der Waals surface area contributed by atoms with Gasteiger partial charge in [-0.25, -0.2) is 9.59 Å². The summed E-state index contributed by atoms with van der Waals surface area (Å²) in [5.74, 6) is -1.41. The van der Waals surface area contributed by atoms with Crippen LogP contribution in [0.2, 0.25) is 0 Å². The topological polar surface area (TPSA) is 105 Å². The predicted molar refractivity (Wildman–Crippen MR) is 119 cm³/mol. The summed E-state index contributed by atoms with van der Waals surface area (Å²) < 4.78 is 7.22. The Hall–Kier alpha value is -4.39. The molecule has 0 fully saturated rings. The maximum Gasteiger partial charge on any atom is 0.335 e. The maximum atomic E-state index is 12.9. The van der Waals surface area contributed by atoms with Gasteiger partial charge in [0.1, 0.15) is 11.4 Å². The first-order valence-electron chi connectivity index (χ1n) is 9.65. The number of aromatic nitrogens is 1. The standard InChI is InChI=1S/C18H15NO4.C7H6O2/c1-11-15(19-10-4-3-5-14(19)17(11)23-2)16(20)12-6-8-13(9-7-12)18(21)22;8-7(9)6-4-2-1-3-5-6/h3-10H,1-2H3,(H,21,22);1-5H,(H,8,9). The van der Waals surface area contributed by atoms with Crippen LogP contribution in [0.15, 0.2) is 79.0 Å². The van der Waals surface area contributed by atoms with E-state index in [0.717, 1.165) is 11.1 Å². The number of ether oxygens (including phenoxy) is 1. The summed E-state index contributed by atoms with van der Waals surface area (Å²) in [6, 6.07) is 19.8. The number of carbonyl (C=O) groups excluding carboxylic acids is 1. The van der Waals surface area contributed by atoms with E-state index in [4.69, 9.17) is 14.9 Å². The molecule has 2 aromatic heterocycles. The normalized spacial score (nSPS) is 10.2. The van der Waals surface area contributed by atoms with E-state index in [1.54, 1.807) is 41.8 Å². The van der Waals surface area contributed by atoms with E-state index in [1.807, 2.05) is 31.3 Å². The molecule has 2 aromatic carbocycles. The minimum Gasteiger partial charge on any atom is -0.494 e. The second kappa shape index (κ2) is 9.61. The number of benzene rings is 2. The molecule has 0 spiro atoms. The van der Waals surface area contributed by atoms with Gasteiger partial charge < -0.3 is 19.4 Å². The van der Waals surface area contributed by atoms with Crippen LogP contribution in [-0.2, 0) is 0 Å². The number of nitrogens with zero attached hydrogens (tertiary/aromatic N) is 1. The van der Waals surface area contributed by atoms with E-state index in [9.17, 15) is 14.4 Å². The number of carboxylic acids is 2. The molecular weight excluding hydrogens is 410 g/mol. The number of hydrogen-bond donors (Lipinski definition) is 2. The fraction of sp³-hybridized carbons (Fsp3) is 0.0800. The molecule has 0 unspecified atom stereocenters. The fourth-order valence-electron chi connectivity index (χ4n) is 3.32. The smallest absolute Gasteiger partial charge is 0.335 e. The molecule has 0 saturated heterocycles. The van der Waals surface area contributed by atoms with Gasteiger partial charge in [0.05, 0.1) is 23.8 Å². The van der Waals surface area contributed by atoms with E-state index >= 15 is 0 Å². The van der Waals surface area contributed by atoms with Gasteiger partial charge in [0.15, 0.2) is 0 Å². The van der Waals surface area contributed by atoms with Crippen molar-refractivity contribution >= 4 is 23.2 Å². The predicted octanol–water partition coefficient (Wildman–Crippen LogP) is 4.57. The molecule has 0 saturated carbocycles. The van der Waals surface area contributed by atoms with Crippen molar-refractivity contribution < 1.29 is 29.3 Å². The van der Waals surface area contributed by atoms with Gasteiger partial charge in [-0.2, -0.15) is 0 Å². The maximum absolute atomic E-state index is 12.9. The number of hydrogen-bond acceptors (Lipinski definition) is 4. The first-order valence-corrected chi connectivity index (χ1v) is 9.65. The van der Waals surface area contributed by atoms with E-state index < -0.39 is 11.9 Å². The Kier molecular flexibility index (Phi) is 6.70. The SMILES string of the molecule is COc1c(C)c(C(=O)c2ccc(C(=O)O)cc2)n2ccccc12.O=C(O)c1ccccc1. The van der Waals surface area contributed by atoms with Gasteiger partial charge in [-0.3, -0.25) is 4.79 Å². The Bertz CT molecular complexity index is 1270. The third-order valence-electron chi connectivity index (χ3n) is 4.86. The van der Waals surface area contributed by atoms with Crippen LogP contribution in [0.1, 0.15) is 42.3 Å². The summed E-state index contributed by atoms with van der Waals surface area (Å²) in [5, 5.41) is 17.3. The average molecular weight is 431 g/mol. The Morgan fingerprint density at radius 1 is 0.750 bits per heavy atom. The number of ketones is 1. The van der Waals surface area contributed by atoms with Crippen molar-refractivity contribution in [1.82, 2.24) is 4.40 Å².